The fraction of sp³-hybridized carbons (Fsp3) is 0.263. The third-order valence-corrected chi connectivity index (χ3v) is 3.90. The second-order valence-electron chi connectivity index (χ2n) is 5.19. The highest BCUT2D eigenvalue weighted by Crippen LogP contribution is 2.37. The zero-order chi connectivity index (χ0) is 17.0. The van der Waals surface area contributed by atoms with Crippen molar-refractivity contribution in [2.24, 2.45) is 0 Å². The Morgan fingerprint density at radius 3 is 2.43 bits per heavy atom. The number of carbonyl (C=O) groups excluding carboxylic acids is 1. The molecule has 0 amide bonds. The van der Waals surface area contributed by atoms with Gasteiger partial charge in [-0.1, -0.05) is 37.3 Å². The molecule has 4 heteroatoms. The van der Waals surface area contributed by atoms with E-state index in [1.165, 1.54) is 0 Å². The lowest BCUT2D eigenvalue weighted by atomic mass is 9.86. The summed E-state index contributed by atoms with van der Waals surface area (Å²) in [6, 6.07) is 11.7. The van der Waals surface area contributed by atoms with Crippen molar-refractivity contribution in [3.63, 3.8) is 0 Å². The number of esters is 1. The van der Waals surface area contributed by atoms with E-state index >= 15 is 0 Å². The van der Waals surface area contributed by atoms with Gasteiger partial charge in [0.1, 0.15) is 6.07 Å². The fourth-order valence-electron chi connectivity index (χ4n) is 2.89. The van der Waals surface area contributed by atoms with Crippen LogP contribution in [0.2, 0.25) is 0 Å². The van der Waals surface area contributed by atoms with E-state index in [1.807, 2.05) is 44.2 Å². The summed E-state index contributed by atoms with van der Waals surface area (Å²) in [6.07, 6.45) is 0.560. The number of carbonyl (C=O) groups is 1. The van der Waals surface area contributed by atoms with Gasteiger partial charge in [-0.05, 0) is 37.0 Å². The molecule has 0 unspecified atom stereocenters. The predicted molar refractivity (Wildman–Crippen MR) is 91.1 cm³/mol. The molecular weight excluding hydrogens is 288 g/mol. The Morgan fingerprint density at radius 2 is 1.91 bits per heavy atom. The minimum absolute atomic E-state index is 0.294. The van der Waals surface area contributed by atoms with Gasteiger partial charge in [0, 0.05) is 5.56 Å². The molecule has 0 atom stereocenters. The Bertz CT molecular complexity index is 774. The first-order chi connectivity index (χ1) is 11.1. The molecule has 0 aliphatic carbocycles. The minimum Gasteiger partial charge on any atom is -0.462 e. The van der Waals surface area contributed by atoms with Crippen molar-refractivity contribution < 1.29 is 9.53 Å². The molecule has 0 aromatic heterocycles. The lowest BCUT2D eigenvalue weighted by Gasteiger charge is -2.19. The maximum absolute atomic E-state index is 12.4. The highest BCUT2D eigenvalue weighted by molar-refractivity contribution is 5.99. The molecule has 0 heterocycles. The van der Waals surface area contributed by atoms with Crippen LogP contribution in [0.25, 0.3) is 11.1 Å². The van der Waals surface area contributed by atoms with Crippen molar-refractivity contribution in [2.75, 3.05) is 12.3 Å². The van der Waals surface area contributed by atoms with E-state index in [-0.39, 0.29) is 0 Å². The molecule has 2 rings (SSSR count). The molecule has 0 bridgehead atoms. The first-order valence-corrected chi connectivity index (χ1v) is 7.64. The maximum atomic E-state index is 12.4. The normalized spacial score (nSPS) is 10.2. The summed E-state index contributed by atoms with van der Waals surface area (Å²) >= 11 is 0. The van der Waals surface area contributed by atoms with Gasteiger partial charge in [0.15, 0.2) is 0 Å². The number of nitrogen functional groups attached to an aromatic ring is 1. The van der Waals surface area contributed by atoms with Crippen molar-refractivity contribution >= 4 is 11.7 Å². The van der Waals surface area contributed by atoms with Crippen molar-refractivity contribution in [1.29, 1.82) is 5.26 Å². The minimum atomic E-state index is -0.393. The molecule has 0 aliphatic rings. The van der Waals surface area contributed by atoms with Gasteiger partial charge >= 0.3 is 5.97 Å². The number of nitrogens with zero attached hydrogens (tertiary/aromatic N) is 1. The standard InChI is InChI=1S/C19H20N2O2/c1-4-14-17(19(22)23-5-2)12(3)16(15(11-20)18(14)21)13-9-7-6-8-10-13/h6-10H,4-5,21H2,1-3H3. The molecule has 0 fully saturated rings. The fourth-order valence-corrected chi connectivity index (χ4v) is 2.89. The van der Waals surface area contributed by atoms with Crippen LogP contribution in [-0.2, 0) is 11.2 Å². The number of benzene rings is 2. The molecule has 0 aliphatic heterocycles. The van der Waals surface area contributed by atoms with E-state index in [2.05, 4.69) is 6.07 Å². The summed E-state index contributed by atoms with van der Waals surface area (Å²) < 4.78 is 5.19. The van der Waals surface area contributed by atoms with Gasteiger partial charge in [-0.2, -0.15) is 5.26 Å². The number of anilines is 1. The lowest BCUT2D eigenvalue weighted by molar-refractivity contribution is 0.0524. The molecule has 0 spiro atoms. The first kappa shape index (κ1) is 16.6. The molecule has 23 heavy (non-hydrogen) atoms. The van der Waals surface area contributed by atoms with Gasteiger partial charge in [-0.25, -0.2) is 4.79 Å². The van der Waals surface area contributed by atoms with Gasteiger partial charge in [0.25, 0.3) is 0 Å². The molecule has 0 radical (unpaired) electrons. The van der Waals surface area contributed by atoms with Crippen LogP contribution >= 0.6 is 0 Å². The molecule has 2 N–H and O–H groups in total. The topological polar surface area (TPSA) is 76.1 Å². The number of ether oxygens (including phenoxy) is 1. The van der Waals surface area contributed by atoms with Gasteiger partial charge in [0.05, 0.1) is 23.4 Å². The molecule has 4 nitrogen and oxygen atoms in total. The van der Waals surface area contributed by atoms with Gasteiger partial charge in [-0.15, -0.1) is 0 Å². The van der Waals surface area contributed by atoms with Crippen molar-refractivity contribution in [3.8, 4) is 17.2 Å². The Kier molecular flexibility index (Phi) is 5.02. The van der Waals surface area contributed by atoms with Crippen LogP contribution in [-0.4, -0.2) is 12.6 Å². The van der Waals surface area contributed by atoms with E-state index in [9.17, 15) is 10.1 Å². The molecular formula is C19H20N2O2. The Labute approximate surface area is 136 Å². The maximum Gasteiger partial charge on any atom is 0.338 e. The zero-order valence-corrected chi connectivity index (χ0v) is 13.6. The molecule has 0 saturated heterocycles. The summed E-state index contributed by atoms with van der Waals surface area (Å²) in [4.78, 5) is 12.4. The molecule has 118 valence electrons. The highest BCUT2D eigenvalue weighted by Gasteiger charge is 2.24. The number of hydrogen-bond acceptors (Lipinski definition) is 4. The summed E-state index contributed by atoms with van der Waals surface area (Å²) in [7, 11) is 0. The SMILES string of the molecule is CCOC(=O)c1c(C)c(-c2ccccc2)c(C#N)c(N)c1CC. The average molecular weight is 308 g/mol. The van der Waals surface area contributed by atoms with Crippen LogP contribution in [0.4, 0.5) is 5.69 Å². The van der Waals surface area contributed by atoms with E-state index in [0.717, 1.165) is 11.1 Å². The number of hydrogen-bond donors (Lipinski definition) is 1. The third-order valence-electron chi connectivity index (χ3n) is 3.90. The summed E-state index contributed by atoms with van der Waals surface area (Å²) in [5.41, 5.74) is 10.4. The first-order valence-electron chi connectivity index (χ1n) is 7.64. The molecule has 2 aromatic carbocycles. The number of nitriles is 1. The van der Waals surface area contributed by atoms with Crippen LogP contribution in [0.15, 0.2) is 30.3 Å². The predicted octanol–water partition coefficient (Wildman–Crippen LogP) is 3.86. The molecule has 0 saturated carbocycles. The monoisotopic (exact) mass is 308 g/mol. The van der Waals surface area contributed by atoms with Crippen LogP contribution < -0.4 is 5.73 Å². The Morgan fingerprint density at radius 1 is 1.26 bits per heavy atom. The van der Waals surface area contributed by atoms with Gasteiger partial charge < -0.3 is 10.5 Å². The molecule has 2 aromatic rings. The lowest BCUT2D eigenvalue weighted by Crippen LogP contribution is -2.14. The van der Waals surface area contributed by atoms with Gasteiger partial charge in [0.2, 0.25) is 0 Å². The van der Waals surface area contributed by atoms with E-state index in [4.69, 9.17) is 10.5 Å². The van der Waals surface area contributed by atoms with Crippen molar-refractivity contribution in [1.82, 2.24) is 0 Å². The quantitative estimate of drug-likeness (QED) is 0.687. The largest absolute Gasteiger partial charge is 0.462 e. The van der Waals surface area contributed by atoms with Crippen LogP contribution in [0.1, 0.15) is 40.9 Å². The van der Waals surface area contributed by atoms with E-state index in [0.29, 0.717) is 41.0 Å². The number of nitrogens with two attached hydrogens (primary N) is 1. The van der Waals surface area contributed by atoms with E-state index in [1.54, 1.807) is 6.92 Å². The smallest absolute Gasteiger partial charge is 0.338 e. The van der Waals surface area contributed by atoms with Crippen LogP contribution in [0, 0.1) is 18.3 Å². The van der Waals surface area contributed by atoms with Crippen LogP contribution in [0.5, 0.6) is 0 Å². The van der Waals surface area contributed by atoms with E-state index < -0.39 is 5.97 Å². The Balaban J connectivity index is 2.87. The summed E-state index contributed by atoms with van der Waals surface area (Å²) in [5.74, 6) is -0.393. The second kappa shape index (κ2) is 6.97. The van der Waals surface area contributed by atoms with Crippen LogP contribution in [0.3, 0.4) is 0 Å². The highest BCUT2D eigenvalue weighted by atomic mass is 16.5. The zero-order valence-electron chi connectivity index (χ0n) is 13.6. The average Bonchev–Trinajstić information content (AvgIpc) is 2.56. The van der Waals surface area contributed by atoms with Crippen molar-refractivity contribution in [3.05, 3.63) is 52.6 Å². The second-order valence-corrected chi connectivity index (χ2v) is 5.19. The van der Waals surface area contributed by atoms with Gasteiger partial charge in [-0.3, -0.25) is 0 Å². The van der Waals surface area contributed by atoms with Crippen molar-refractivity contribution in [2.45, 2.75) is 27.2 Å². The Hall–Kier alpha value is -2.80. The summed E-state index contributed by atoms with van der Waals surface area (Å²) in [6.45, 7) is 5.82. The third kappa shape index (κ3) is 2.91. The summed E-state index contributed by atoms with van der Waals surface area (Å²) in [5, 5.41) is 9.59. The number of rotatable bonds is 4.